The van der Waals surface area contributed by atoms with Crippen molar-refractivity contribution in [1.29, 1.82) is 0 Å². The predicted molar refractivity (Wildman–Crippen MR) is 135 cm³/mol. The fourth-order valence-electron chi connectivity index (χ4n) is 3.34. The summed E-state index contributed by atoms with van der Waals surface area (Å²) in [6.45, 7) is 5.28. The molecule has 0 aliphatic carbocycles. The van der Waals surface area contributed by atoms with Gasteiger partial charge in [-0.1, -0.05) is 23.4 Å². The van der Waals surface area contributed by atoms with E-state index < -0.39 is 0 Å². The number of methoxy groups -OCH3 is 2. The molecule has 8 nitrogen and oxygen atoms in total. The number of hydrogen-bond acceptors (Lipinski definition) is 7. The lowest BCUT2D eigenvalue weighted by Gasteiger charge is -2.12. The Morgan fingerprint density at radius 2 is 1.91 bits per heavy atom. The minimum Gasteiger partial charge on any atom is -0.497 e. The second-order valence-electron chi connectivity index (χ2n) is 7.41. The average molecular weight is 505 g/mol. The minimum atomic E-state index is -0.171. The van der Waals surface area contributed by atoms with Crippen LogP contribution in [-0.2, 0) is 17.8 Å². The highest BCUT2D eigenvalue weighted by Gasteiger charge is 2.15. The summed E-state index contributed by atoms with van der Waals surface area (Å²) in [5.41, 5.74) is 1.56. The van der Waals surface area contributed by atoms with Crippen LogP contribution < -0.4 is 19.5 Å². The fourth-order valence-corrected chi connectivity index (χ4v) is 4.39. The molecule has 1 N–H and O–H groups in total. The summed E-state index contributed by atoms with van der Waals surface area (Å²) in [4.78, 5) is 12.5. The van der Waals surface area contributed by atoms with Crippen molar-refractivity contribution in [2.75, 3.05) is 31.9 Å². The lowest BCUT2D eigenvalue weighted by atomic mass is 10.2. The number of nitrogens with zero attached hydrogens (tertiary/aromatic N) is 3. The van der Waals surface area contributed by atoms with Gasteiger partial charge in [-0.25, -0.2) is 0 Å². The van der Waals surface area contributed by atoms with Crippen LogP contribution in [0.5, 0.6) is 17.2 Å². The molecule has 34 heavy (non-hydrogen) atoms. The van der Waals surface area contributed by atoms with Crippen molar-refractivity contribution in [2.45, 2.75) is 38.4 Å². The van der Waals surface area contributed by atoms with Crippen molar-refractivity contribution in [2.24, 2.45) is 0 Å². The Hall–Kier alpha value is -2.91. The van der Waals surface area contributed by atoms with Gasteiger partial charge in [-0.15, -0.1) is 10.2 Å². The van der Waals surface area contributed by atoms with Crippen LogP contribution in [0.15, 0.2) is 41.6 Å². The molecule has 0 bridgehead atoms. The second-order valence-corrected chi connectivity index (χ2v) is 8.79. The zero-order valence-electron chi connectivity index (χ0n) is 19.8. The van der Waals surface area contributed by atoms with Crippen molar-refractivity contribution in [1.82, 2.24) is 14.8 Å². The van der Waals surface area contributed by atoms with Gasteiger partial charge in [-0.2, -0.15) is 0 Å². The van der Waals surface area contributed by atoms with Crippen molar-refractivity contribution in [3.05, 3.63) is 52.8 Å². The Morgan fingerprint density at radius 1 is 1.12 bits per heavy atom. The molecule has 0 aliphatic rings. The standard InChI is InChI=1S/C24H29ClN4O4S/c1-5-29-22(7-6-12-33-20-10-8-17(25)13-16(20)2)27-28-24(29)34-15-23(30)26-19-14-18(31-3)9-11-21(19)32-4/h8-11,13-14H,5-7,12,15H2,1-4H3,(H,26,30). The number of rotatable bonds is 12. The molecule has 2 aromatic carbocycles. The number of aromatic nitrogens is 3. The van der Waals surface area contributed by atoms with Gasteiger partial charge in [0.15, 0.2) is 5.16 Å². The third kappa shape index (κ3) is 6.80. The number of hydrogen-bond donors (Lipinski definition) is 1. The first-order valence-corrected chi connectivity index (χ1v) is 12.3. The van der Waals surface area contributed by atoms with Gasteiger partial charge in [0.25, 0.3) is 0 Å². The first-order chi connectivity index (χ1) is 16.4. The number of carbonyl (C=O) groups excluding carboxylic acids is 1. The fraction of sp³-hybridized carbons (Fsp3) is 0.375. The van der Waals surface area contributed by atoms with E-state index in [4.69, 9.17) is 25.8 Å². The smallest absolute Gasteiger partial charge is 0.234 e. The predicted octanol–water partition coefficient (Wildman–Crippen LogP) is 5.02. The highest BCUT2D eigenvalue weighted by molar-refractivity contribution is 7.99. The molecule has 10 heteroatoms. The molecule has 3 rings (SSSR count). The number of carbonyl (C=O) groups is 1. The lowest BCUT2D eigenvalue weighted by Crippen LogP contribution is -2.15. The van der Waals surface area contributed by atoms with E-state index in [-0.39, 0.29) is 11.7 Å². The first-order valence-electron chi connectivity index (χ1n) is 10.9. The van der Waals surface area contributed by atoms with Crippen molar-refractivity contribution < 1.29 is 19.0 Å². The Morgan fingerprint density at radius 3 is 2.62 bits per heavy atom. The number of nitrogens with one attached hydrogen (secondary N) is 1. The molecule has 182 valence electrons. The highest BCUT2D eigenvalue weighted by Crippen LogP contribution is 2.29. The summed E-state index contributed by atoms with van der Waals surface area (Å²) >= 11 is 7.34. The topological polar surface area (TPSA) is 87.5 Å². The molecule has 0 radical (unpaired) electrons. The zero-order chi connectivity index (χ0) is 24.5. The average Bonchev–Trinajstić information content (AvgIpc) is 3.23. The Bertz CT molecular complexity index is 1120. The van der Waals surface area contributed by atoms with Gasteiger partial charge in [0.2, 0.25) is 5.91 Å². The van der Waals surface area contributed by atoms with E-state index in [0.717, 1.165) is 30.0 Å². The number of halogens is 1. The van der Waals surface area contributed by atoms with Crippen LogP contribution in [0.2, 0.25) is 5.02 Å². The van der Waals surface area contributed by atoms with Gasteiger partial charge in [-0.05, 0) is 56.2 Å². The van der Waals surface area contributed by atoms with E-state index >= 15 is 0 Å². The highest BCUT2D eigenvalue weighted by atomic mass is 35.5. The van der Waals surface area contributed by atoms with Crippen LogP contribution in [0.3, 0.4) is 0 Å². The molecular weight excluding hydrogens is 476 g/mol. The quantitative estimate of drug-likeness (QED) is 0.273. The molecule has 0 saturated carbocycles. The molecule has 1 amide bonds. The molecule has 3 aromatic rings. The van der Waals surface area contributed by atoms with Crippen molar-refractivity contribution in [3.8, 4) is 17.2 Å². The number of amides is 1. The summed E-state index contributed by atoms with van der Waals surface area (Å²) in [5.74, 6) is 2.92. The number of anilines is 1. The molecule has 0 unspecified atom stereocenters. The summed E-state index contributed by atoms with van der Waals surface area (Å²) in [6, 6.07) is 10.8. The molecular formula is C24H29ClN4O4S. The van der Waals surface area contributed by atoms with Crippen LogP contribution in [0.25, 0.3) is 0 Å². The van der Waals surface area contributed by atoms with Gasteiger partial charge in [-0.3, -0.25) is 4.79 Å². The van der Waals surface area contributed by atoms with Crippen LogP contribution in [-0.4, -0.2) is 47.3 Å². The Kier molecular flexibility index (Phi) is 9.47. The van der Waals surface area contributed by atoms with E-state index in [9.17, 15) is 4.79 Å². The molecule has 1 aromatic heterocycles. The normalized spacial score (nSPS) is 10.7. The molecule has 0 atom stereocenters. The molecule has 0 spiro atoms. The van der Waals surface area contributed by atoms with E-state index in [1.54, 1.807) is 32.4 Å². The van der Waals surface area contributed by atoms with Gasteiger partial charge < -0.3 is 24.1 Å². The lowest BCUT2D eigenvalue weighted by molar-refractivity contribution is -0.113. The van der Waals surface area contributed by atoms with E-state index in [1.165, 1.54) is 11.8 Å². The minimum absolute atomic E-state index is 0.171. The Labute approximate surface area is 209 Å². The summed E-state index contributed by atoms with van der Waals surface area (Å²) in [5, 5.41) is 12.9. The summed E-state index contributed by atoms with van der Waals surface area (Å²) in [6.07, 6.45) is 1.52. The summed E-state index contributed by atoms with van der Waals surface area (Å²) in [7, 11) is 3.13. The van der Waals surface area contributed by atoms with E-state index in [1.807, 2.05) is 36.6 Å². The van der Waals surface area contributed by atoms with Gasteiger partial charge >= 0.3 is 0 Å². The first kappa shape index (κ1) is 25.7. The molecule has 0 aliphatic heterocycles. The number of thioether (sulfide) groups is 1. The number of aryl methyl sites for hydroxylation is 2. The van der Waals surface area contributed by atoms with Crippen LogP contribution in [0.4, 0.5) is 5.69 Å². The Balaban J connectivity index is 1.52. The molecule has 0 fully saturated rings. The van der Waals surface area contributed by atoms with Crippen LogP contribution >= 0.6 is 23.4 Å². The van der Waals surface area contributed by atoms with Crippen LogP contribution in [0.1, 0.15) is 24.7 Å². The maximum absolute atomic E-state index is 12.5. The van der Waals surface area contributed by atoms with Crippen molar-refractivity contribution >= 4 is 35.0 Å². The van der Waals surface area contributed by atoms with E-state index in [2.05, 4.69) is 15.5 Å². The summed E-state index contributed by atoms with van der Waals surface area (Å²) < 4.78 is 18.4. The second kappa shape index (κ2) is 12.5. The largest absolute Gasteiger partial charge is 0.497 e. The van der Waals surface area contributed by atoms with Gasteiger partial charge in [0.1, 0.15) is 23.1 Å². The zero-order valence-corrected chi connectivity index (χ0v) is 21.3. The SMILES string of the molecule is CCn1c(CCCOc2ccc(Cl)cc2C)nnc1SCC(=O)Nc1cc(OC)ccc1OC. The van der Waals surface area contributed by atoms with Crippen LogP contribution in [0, 0.1) is 6.92 Å². The monoisotopic (exact) mass is 504 g/mol. The third-order valence-corrected chi connectivity index (χ3v) is 6.26. The number of benzene rings is 2. The van der Waals surface area contributed by atoms with Gasteiger partial charge in [0, 0.05) is 24.1 Å². The van der Waals surface area contributed by atoms with Crippen molar-refractivity contribution in [3.63, 3.8) is 0 Å². The molecule has 1 heterocycles. The maximum Gasteiger partial charge on any atom is 0.234 e. The number of ether oxygens (including phenoxy) is 3. The van der Waals surface area contributed by atoms with E-state index in [0.29, 0.717) is 40.5 Å². The molecule has 0 saturated heterocycles. The maximum atomic E-state index is 12.5. The van der Waals surface area contributed by atoms with Gasteiger partial charge in [0.05, 0.1) is 32.3 Å². The third-order valence-electron chi connectivity index (χ3n) is 5.06.